The van der Waals surface area contributed by atoms with Crippen molar-refractivity contribution in [3.63, 3.8) is 0 Å². The smallest absolute Gasteiger partial charge is 0.0635 e. The summed E-state index contributed by atoms with van der Waals surface area (Å²) in [7, 11) is 0. The molecule has 5 rings (SSSR count). The van der Waals surface area contributed by atoms with E-state index in [4.69, 9.17) is 5.73 Å². The van der Waals surface area contributed by atoms with Crippen molar-refractivity contribution in [1.82, 2.24) is 9.78 Å². The second-order valence-electron chi connectivity index (χ2n) is 6.64. The Bertz CT molecular complexity index is 399. The maximum atomic E-state index is 5.70. The molecule has 4 aliphatic rings. The SMILES string of the molecule is NCc1cnn(C23CC4CC(CC(C4)C2)C3)c1. The van der Waals surface area contributed by atoms with E-state index in [0.29, 0.717) is 12.1 Å². The highest BCUT2D eigenvalue weighted by Crippen LogP contribution is 2.58. The van der Waals surface area contributed by atoms with E-state index in [0.717, 1.165) is 17.8 Å². The Hall–Kier alpha value is -0.830. The van der Waals surface area contributed by atoms with Crippen LogP contribution in [0.3, 0.4) is 0 Å². The molecule has 4 aliphatic carbocycles. The Morgan fingerprint density at radius 3 is 2.24 bits per heavy atom. The van der Waals surface area contributed by atoms with Gasteiger partial charge in [0.25, 0.3) is 0 Å². The molecule has 1 heterocycles. The molecule has 3 heteroatoms. The van der Waals surface area contributed by atoms with Crippen molar-refractivity contribution in [3.05, 3.63) is 18.0 Å². The molecule has 0 spiro atoms. The number of nitrogens with zero attached hydrogens (tertiary/aromatic N) is 2. The lowest BCUT2D eigenvalue weighted by Gasteiger charge is -2.56. The van der Waals surface area contributed by atoms with E-state index in [2.05, 4.69) is 16.0 Å². The molecule has 0 aliphatic heterocycles. The molecule has 0 saturated heterocycles. The van der Waals surface area contributed by atoms with Crippen LogP contribution in [-0.2, 0) is 12.1 Å². The molecule has 4 fully saturated rings. The Labute approximate surface area is 102 Å². The summed E-state index contributed by atoms with van der Waals surface area (Å²) in [6.45, 7) is 0.617. The monoisotopic (exact) mass is 231 g/mol. The third kappa shape index (κ3) is 1.41. The van der Waals surface area contributed by atoms with Gasteiger partial charge in [-0.05, 0) is 56.3 Å². The van der Waals surface area contributed by atoms with Crippen LogP contribution < -0.4 is 5.73 Å². The number of rotatable bonds is 2. The van der Waals surface area contributed by atoms with E-state index in [-0.39, 0.29) is 0 Å². The Morgan fingerprint density at radius 1 is 1.18 bits per heavy atom. The van der Waals surface area contributed by atoms with Crippen LogP contribution in [0.1, 0.15) is 44.1 Å². The van der Waals surface area contributed by atoms with Crippen molar-refractivity contribution in [2.75, 3.05) is 0 Å². The molecular formula is C14H21N3. The van der Waals surface area contributed by atoms with Crippen LogP contribution in [0.15, 0.2) is 12.4 Å². The molecule has 4 saturated carbocycles. The maximum absolute atomic E-state index is 5.70. The highest BCUT2D eigenvalue weighted by Gasteiger charge is 2.52. The number of hydrogen-bond acceptors (Lipinski definition) is 2. The topological polar surface area (TPSA) is 43.8 Å². The second-order valence-corrected chi connectivity index (χ2v) is 6.64. The minimum Gasteiger partial charge on any atom is -0.326 e. The molecule has 3 nitrogen and oxygen atoms in total. The highest BCUT2D eigenvalue weighted by atomic mass is 15.3. The van der Waals surface area contributed by atoms with Crippen LogP contribution in [0.4, 0.5) is 0 Å². The van der Waals surface area contributed by atoms with Gasteiger partial charge in [-0.3, -0.25) is 4.68 Å². The molecule has 92 valence electrons. The van der Waals surface area contributed by atoms with Crippen LogP contribution in [0, 0.1) is 17.8 Å². The zero-order valence-corrected chi connectivity index (χ0v) is 10.3. The van der Waals surface area contributed by atoms with Gasteiger partial charge >= 0.3 is 0 Å². The van der Waals surface area contributed by atoms with Gasteiger partial charge in [-0.25, -0.2) is 0 Å². The number of hydrogen-bond donors (Lipinski definition) is 1. The zero-order valence-electron chi connectivity index (χ0n) is 10.3. The van der Waals surface area contributed by atoms with Crippen molar-refractivity contribution >= 4 is 0 Å². The van der Waals surface area contributed by atoms with E-state index in [1.165, 1.54) is 44.1 Å². The van der Waals surface area contributed by atoms with E-state index in [9.17, 15) is 0 Å². The van der Waals surface area contributed by atoms with Crippen molar-refractivity contribution in [3.8, 4) is 0 Å². The lowest BCUT2D eigenvalue weighted by atomic mass is 9.53. The summed E-state index contributed by atoms with van der Waals surface area (Å²) in [5.41, 5.74) is 7.25. The van der Waals surface area contributed by atoms with E-state index < -0.39 is 0 Å². The van der Waals surface area contributed by atoms with Crippen molar-refractivity contribution in [2.24, 2.45) is 23.5 Å². The van der Waals surface area contributed by atoms with Gasteiger partial charge in [-0.1, -0.05) is 0 Å². The summed E-state index contributed by atoms with van der Waals surface area (Å²) in [5.74, 6) is 2.94. The van der Waals surface area contributed by atoms with Gasteiger partial charge in [0.05, 0.1) is 11.7 Å². The maximum Gasteiger partial charge on any atom is 0.0635 e. The van der Waals surface area contributed by atoms with Crippen molar-refractivity contribution < 1.29 is 0 Å². The number of aromatic nitrogens is 2. The standard InChI is InChI=1S/C14H21N3/c15-7-13-8-16-17(9-13)14-4-10-1-11(5-14)3-12(2-10)6-14/h8-12H,1-7,15H2. The predicted molar refractivity (Wildman–Crippen MR) is 66.3 cm³/mol. The van der Waals surface area contributed by atoms with Gasteiger partial charge < -0.3 is 5.73 Å². The van der Waals surface area contributed by atoms with Gasteiger partial charge in [0.2, 0.25) is 0 Å². The highest BCUT2D eigenvalue weighted by molar-refractivity contribution is 5.10. The van der Waals surface area contributed by atoms with Gasteiger partial charge in [0.15, 0.2) is 0 Å². The first-order chi connectivity index (χ1) is 8.27. The van der Waals surface area contributed by atoms with Crippen LogP contribution in [-0.4, -0.2) is 9.78 Å². The molecule has 0 unspecified atom stereocenters. The van der Waals surface area contributed by atoms with E-state index >= 15 is 0 Å². The quantitative estimate of drug-likeness (QED) is 0.848. The summed E-state index contributed by atoms with van der Waals surface area (Å²) in [5, 5.41) is 4.61. The van der Waals surface area contributed by atoms with Gasteiger partial charge in [-0.2, -0.15) is 5.10 Å². The largest absolute Gasteiger partial charge is 0.326 e. The molecule has 17 heavy (non-hydrogen) atoms. The normalized spacial score (nSPS) is 43.2. The first-order valence-electron chi connectivity index (χ1n) is 7.01. The molecular weight excluding hydrogens is 210 g/mol. The molecule has 0 atom stereocenters. The molecule has 0 amide bonds. The average Bonchev–Trinajstić information content (AvgIpc) is 2.76. The minimum atomic E-state index is 0.363. The lowest BCUT2D eigenvalue weighted by Crippen LogP contribution is -2.52. The summed E-state index contributed by atoms with van der Waals surface area (Å²) in [6, 6.07) is 0. The Kier molecular flexibility index (Phi) is 1.99. The van der Waals surface area contributed by atoms with Gasteiger partial charge in [0, 0.05) is 18.3 Å². The molecule has 0 aromatic carbocycles. The molecule has 0 radical (unpaired) electrons. The van der Waals surface area contributed by atoms with E-state index in [1.807, 2.05) is 6.20 Å². The fourth-order valence-electron chi connectivity index (χ4n) is 5.07. The third-order valence-electron chi connectivity index (χ3n) is 5.36. The van der Waals surface area contributed by atoms with Gasteiger partial charge in [0.1, 0.15) is 0 Å². The first-order valence-corrected chi connectivity index (χ1v) is 7.01. The minimum absolute atomic E-state index is 0.363. The molecule has 1 aromatic rings. The molecule has 2 N–H and O–H groups in total. The summed E-state index contributed by atoms with van der Waals surface area (Å²) in [4.78, 5) is 0. The second kappa shape index (κ2) is 3.35. The number of nitrogens with two attached hydrogens (primary N) is 1. The average molecular weight is 231 g/mol. The zero-order chi connectivity index (χ0) is 11.5. The van der Waals surface area contributed by atoms with E-state index in [1.54, 1.807) is 0 Å². The van der Waals surface area contributed by atoms with Crippen LogP contribution in [0.25, 0.3) is 0 Å². The fraction of sp³-hybridized carbons (Fsp3) is 0.786. The van der Waals surface area contributed by atoms with Crippen LogP contribution in [0.2, 0.25) is 0 Å². The summed E-state index contributed by atoms with van der Waals surface area (Å²) >= 11 is 0. The van der Waals surface area contributed by atoms with Crippen molar-refractivity contribution in [1.29, 1.82) is 0 Å². The summed E-state index contributed by atoms with van der Waals surface area (Å²) < 4.78 is 2.28. The predicted octanol–water partition coefficient (Wildman–Crippen LogP) is 2.27. The molecule has 1 aromatic heterocycles. The third-order valence-corrected chi connectivity index (χ3v) is 5.36. The van der Waals surface area contributed by atoms with Crippen molar-refractivity contribution in [2.45, 2.75) is 50.6 Å². The Balaban J connectivity index is 1.72. The fourth-order valence-corrected chi connectivity index (χ4v) is 5.07. The van der Waals surface area contributed by atoms with Gasteiger partial charge in [-0.15, -0.1) is 0 Å². The first kappa shape index (κ1) is 10.1. The summed E-state index contributed by atoms with van der Waals surface area (Å²) in [6.07, 6.45) is 12.7. The van der Waals surface area contributed by atoms with Crippen LogP contribution in [0.5, 0.6) is 0 Å². The van der Waals surface area contributed by atoms with Crippen LogP contribution >= 0.6 is 0 Å². The molecule has 4 bridgehead atoms. The lowest BCUT2D eigenvalue weighted by molar-refractivity contribution is -0.0494. The Morgan fingerprint density at radius 2 is 1.76 bits per heavy atom.